The molecule has 2 heterocycles. The molecule has 3 rings (SSSR count). The summed E-state index contributed by atoms with van der Waals surface area (Å²) in [5.74, 6) is 1.52. The maximum absolute atomic E-state index is 12.7. The smallest absolute Gasteiger partial charge is 0.307 e. The fraction of sp³-hybridized carbons (Fsp3) is 0.385. The van der Waals surface area contributed by atoms with Crippen LogP contribution in [0.2, 0.25) is 0 Å². The summed E-state index contributed by atoms with van der Waals surface area (Å²) in [4.78, 5) is 26.8. The third-order valence-electron chi connectivity index (χ3n) is 3.53. The topological polar surface area (TPSA) is 54.9 Å². The van der Waals surface area contributed by atoms with Crippen molar-refractivity contribution in [3.05, 3.63) is 44.6 Å². The number of hydrogen-bond acceptors (Lipinski definition) is 3. The van der Waals surface area contributed by atoms with E-state index >= 15 is 0 Å². The van der Waals surface area contributed by atoms with Gasteiger partial charge in [-0.05, 0) is 30.4 Å². The van der Waals surface area contributed by atoms with Crippen LogP contribution in [0.1, 0.15) is 18.0 Å². The second-order valence-electron chi connectivity index (χ2n) is 4.88. The lowest BCUT2D eigenvalue weighted by Gasteiger charge is -2.13. The highest BCUT2D eigenvalue weighted by atomic mass is 32.2. The zero-order valence-corrected chi connectivity index (χ0v) is 11.6. The first-order valence-electron chi connectivity index (χ1n) is 6.31. The van der Waals surface area contributed by atoms with Crippen LogP contribution in [-0.2, 0) is 6.18 Å². The molecule has 0 aliphatic carbocycles. The van der Waals surface area contributed by atoms with Crippen LogP contribution in [0, 0.1) is 0 Å². The van der Waals surface area contributed by atoms with Gasteiger partial charge in [-0.3, -0.25) is 9.36 Å². The predicted octanol–water partition coefficient (Wildman–Crippen LogP) is 2.39. The quantitative estimate of drug-likeness (QED) is 0.879. The largest absolute Gasteiger partial charge is 0.416 e. The highest BCUT2D eigenvalue weighted by molar-refractivity contribution is 7.99. The van der Waals surface area contributed by atoms with Crippen molar-refractivity contribution in [2.75, 3.05) is 11.5 Å². The van der Waals surface area contributed by atoms with Crippen molar-refractivity contribution in [1.29, 1.82) is 0 Å². The van der Waals surface area contributed by atoms with E-state index in [4.69, 9.17) is 0 Å². The number of aromatic nitrogens is 2. The minimum Gasteiger partial charge on any atom is -0.307 e. The number of alkyl halides is 3. The van der Waals surface area contributed by atoms with Gasteiger partial charge in [0, 0.05) is 5.75 Å². The molecule has 1 unspecified atom stereocenters. The fourth-order valence-corrected chi connectivity index (χ4v) is 3.66. The SMILES string of the molecule is O=c1[nH]c2cc(C(F)(F)F)ccc2c(=O)n1C1CCSC1. The number of benzene rings is 1. The fourth-order valence-electron chi connectivity index (χ4n) is 2.47. The molecular weight excluding hydrogens is 305 g/mol. The molecule has 1 aliphatic rings. The number of thioether (sulfide) groups is 1. The zero-order valence-electron chi connectivity index (χ0n) is 10.7. The van der Waals surface area contributed by atoms with Gasteiger partial charge in [0.15, 0.2) is 0 Å². The molecule has 4 nitrogen and oxygen atoms in total. The monoisotopic (exact) mass is 316 g/mol. The lowest BCUT2D eigenvalue weighted by atomic mass is 10.1. The Bertz CT molecular complexity index is 804. The van der Waals surface area contributed by atoms with E-state index in [2.05, 4.69) is 4.98 Å². The summed E-state index contributed by atoms with van der Waals surface area (Å²) >= 11 is 1.64. The highest BCUT2D eigenvalue weighted by Crippen LogP contribution is 2.30. The average Bonchev–Trinajstić information content (AvgIpc) is 2.90. The molecular formula is C13H11F3N2O2S. The second-order valence-corrected chi connectivity index (χ2v) is 6.03. The molecule has 1 fully saturated rings. The normalized spacial score (nSPS) is 19.3. The zero-order chi connectivity index (χ0) is 15.2. The first kappa shape index (κ1) is 14.2. The number of rotatable bonds is 1. The number of nitrogens with zero attached hydrogens (tertiary/aromatic N) is 1. The third-order valence-corrected chi connectivity index (χ3v) is 4.67. The summed E-state index contributed by atoms with van der Waals surface area (Å²) in [6.07, 6.45) is -3.80. The van der Waals surface area contributed by atoms with Gasteiger partial charge in [-0.15, -0.1) is 0 Å². The van der Waals surface area contributed by atoms with Gasteiger partial charge in [-0.2, -0.15) is 24.9 Å². The Kier molecular flexibility index (Phi) is 3.35. The van der Waals surface area contributed by atoms with Crippen molar-refractivity contribution in [2.24, 2.45) is 0 Å². The van der Waals surface area contributed by atoms with E-state index in [0.29, 0.717) is 12.2 Å². The van der Waals surface area contributed by atoms with Crippen LogP contribution >= 0.6 is 11.8 Å². The number of nitrogens with one attached hydrogen (secondary N) is 1. The van der Waals surface area contributed by atoms with Gasteiger partial charge in [0.1, 0.15) is 0 Å². The first-order chi connectivity index (χ1) is 9.88. The van der Waals surface area contributed by atoms with Crippen molar-refractivity contribution in [1.82, 2.24) is 9.55 Å². The van der Waals surface area contributed by atoms with Gasteiger partial charge in [0.25, 0.3) is 5.56 Å². The maximum atomic E-state index is 12.7. The lowest BCUT2D eigenvalue weighted by molar-refractivity contribution is -0.137. The van der Waals surface area contributed by atoms with Gasteiger partial charge >= 0.3 is 11.9 Å². The second kappa shape index (κ2) is 4.94. The van der Waals surface area contributed by atoms with Crippen LogP contribution in [-0.4, -0.2) is 21.1 Å². The molecule has 1 aromatic carbocycles. The Hall–Kier alpha value is -1.70. The Morgan fingerprint density at radius 3 is 2.67 bits per heavy atom. The van der Waals surface area contributed by atoms with Crippen LogP contribution in [0.25, 0.3) is 10.9 Å². The first-order valence-corrected chi connectivity index (χ1v) is 7.47. The predicted molar refractivity (Wildman–Crippen MR) is 74.8 cm³/mol. The van der Waals surface area contributed by atoms with Crippen molar-refractivity contribution >= 4 is 22.7 Å². The summed E-state index contributed by atoms with van der Waals surface area (Å²) in [5.41, 5.74) is -2.16. The summed E-state index contributed by atoms with van der Waals surface area (Å²) in [7, 11) is 0. The molecule has 0 spiro atoms. The van der Waals surface area contributed by atoms with Crippen molar-refractivity contribution in [3.63, 3.8) is 0 Å². The van der Waals surface area contributed by atoms with Gasteiger partial charge in [-0.1, -0.05) is 0 Å². The molecule has 21 heavy (non-hydrogen) atoms. The van der Waals surface area contributed by atoms with Crippen LogP contribution in [0.5, 0.6) is 0 Å². The molecule has 0 saturated carbocycles. The Morgan fingerprint density at radius 2 is 2.05 bits per heavy atom. The molecule has 1 N–H and O–H groups in total. The Balaban J connectivity index is 2.22. The molecule has 8 heteroatoms. The van der Waals surface area contributed by atoms with Crippen LogP contribution in [0.4, 0.5) is 13.2 Å². The van der Waals surface area contributed by atoms with Gasteiger partial charge in [-0.25, -0.2) is 4.79 Å². The molecule has 1 aliphatic heterocycles. The number of hydrogen-bond donors (Lipinski definition) is 1. The summed E-state index contributed by atoms with van der Waals surface area (Å²) < 4.78 is 39.1. The molecule has 1 saturated heterocycles. The standard InChI is InChI=1S/C13H11F3N2O2S/c14-13(15,16)7-1-2-9-10(5-7)17-12(20)18(11(9)19)8-3-4-21-6-8/h1-2,5,8H,3-4,6H2,(H,17,20). The van der Waals surface area contributed by atoms with Crippen molar-refractivity contribution in [3.8, 4) is 0 Å². The van der Waals surface area contributed by atoms with E-state index in [0.717, 1.165) is 28.5 Å². The van der Waals surface area contributed by atoms with Crippen molar-refractivity contribution in [2.45, 2.75) is 18.6 Å². The van der Waals surface area contributed by atoms with Crippen molar-refractivity contribution < 1.29 is 13.2 Å². The van der Waals surface area contributed by atoms with Gasteiger partial charge in [0.2, 0.25) is 0 Å². The summed E-state index contributed by atoms with van der Waals surface area (Å²) in [5, 5.41) is 0.0968. The molecule has 1 aromatic heterocycles. The van der Waals surface area contributed by atoms with Gasteiger partial charge in [0.05, 0.1) is 22.5 Å². The van der Waals surface area contributed by atoms with E-state index in [1.165, 1.54) is 0 Å². The molecule has 1 atom stereocenters. The van der Waals surface area contributed by atoms with Crippen LogP contribution < -0.4 is 11.2 Å². The van der Waals surface area contributed by atoms with E-state index in [-0.39, 0.29) is 16.9 Å². The van der Waals surface area contributed by atoms with E-state index in [9.17, 15) is 22.8 Å². The number of fused-ring (bicyclic) bond motifs is 1. The van der Waals surface area contributed by atoms with Crippen LogP contribution in [0.3, 0.4) is 0 Å². The maximum Gasteiger partial charge on any atom is 0.416 e. The van der Waals surface area contributed by atoms with E-state index in [1.54, 1.807) is 11.8 Å². The van der Waals surface area contributed by atoms with E-state index < -0.39 is 23.0 Å². The minimum atomic E-state index is -4.51. The molecule has 0 amide bonds. The lowest BCUT2D eigenvalue weighted by Crippen LogP contribution is -2.38. The number of H-pyrrole nitrogens is 1. The molecule has 0 bridgehead atoms. The summed E-state index contributed by atoms with van der Waals surface area (Å²) in [6.45, 7) is 0. The van der Waals surface area contributed by atoms with E-state index in [1.807, 2.05) is 0 Å². The number of aromatic amines is 1. The van der Waals surface area contributed by atoms with Crippen LogP contribution in [0.15, 0.2) is 27.8 Å². The Labute approximate surface area is 121 Å². The summed E-state index contributed by atoms with van der Waals surface area (Å²) in [6, 6.07) is 2.58. The highest BCUT2D eigenvalue weighted by Gasteiger charge is 2.31. The molecule has 2 aromatic rings. The minimum absolute atomic E-state index is 0.0817. The third kappa shape index (κ3) is 2.48. The average molecular weight is 316 g/mol. The molecule has 112 valence electrons. The van der Waals surface area contributed by atoms with Gasteiger partial charge < -0.3 is 4.98 Å². The Morgan fingerprint density at radius 1 is 1.29 bits per heavy atom. The molecule has 0 radical (unpaired) electrons. The number of halogens is 3.